The smallest absolute Gasteiger partial charge is 0.320 e. The Labute approximate surface area is 117 Å². The molecule has 0 saturated heterocycles. The molecule has 2 rings (SSSR count). The molecule has 0 saturated carbocycles. The molecule has 1 aliphatic heterocycles. The molecule has 3 nitrogen and oxygen atoms in total. The van der Waals surface area contributed by atoms with E-state index in [0.29, 0.717) is 23.1 Å². The lowest BCUT2D eigenvalue weighted by molar-refractivity contribution is 0.159. The first-order chi connectivity index (χ1) is 8.54. The Hall–Kier alpha value is -0.930. The van der Waals surface area contributed by atoms with Gasteiger partial charge in [0.1, 0.15) is 0 Å². The van der Waals surface area contributed by atoms with Crippen LogP contribution in [0.5, 0.6) is 0 Å². The van der Waals surface area contributed by atoms with Crippen molar-refractivity contribution in [1.82, 2.24) is 9.80 Å². The fraction of sp³-hybridized carbons (Fsp3) is 0.462. The summed E-state index contributed by atoms with van der Waals surface area (Å²) in [5, 5.41) is 1.12. The Balaban J connectivity index is 2.24. The third kappa shape index (κ3) is 2.43. The normalized spacial score (nSPS) is 14.3. The van der Waals surface area contributed by atoms with E-state index in [-0.39, 0.29) is 6.03 Å². The summed E-state index contributed by atoms with van der Waals surface area (Å²) in [6.07, 6.45) is 0.829. The van der Waals surface area contributed by atoms with E-state index in [0.717, 1.165) is 18.5 Å². The molecule has 0 unspecified atom stereocenters. The SMILES string of the molecule is CCN(C)C(=O)N1CCc2ccc(Cl)c(Cl)c2C1. The quantitative estimate of drug-likeness (QED) is 0.776. The number of benzene rings is 1. The Kier molecular flexibility index (Phi) is 4.03. The van der Waals surface area contributed by atoms with Gasteiger partial charge in [-0.1, -0.05) is 29.3 Å². The molecule has 0 bridgehead atoms. The first-order valence-corrected chi connectivity index (χ1v) is 6.76. The molecule has 1 aliphatic rings. The predicted octanol–water partition coefficient (Wildman–Crippen LogP) is 3.42. The van der Waals surface area contributed by atoms with Crippen LogP contribution in [0.25, 0.3) is 0 Å². The number of rotatable bonds is 1. The Morgan fingerprint density at radius 2 is 2.17 bits per heavy atom. The molecule has 0 fully saturated rings. The van der Waals surface area contributed by atoms with Crippen molar-refractivity contribution in [2.75, 3.05) is 20.1 Å². The maximum atomic E-state index is 12.1. The standard InChI is InChI=1S/C13H16Cl2N2O/c1-3-16(2)13(18)17-7-6-9-4-5-11(14)12(15)10(9)8-17/h4-5H,3,6-8H2,1-2H3. The molecule has 0 spiro atoms. The highest BCUT2D eigenvalue weighted by Crippen LogP contribution is 2.32. The van der Waals surface area contributed by atoms with E-state index in [1.807, 2.05) is 24.0 Å². The average molecular weight is 287 g/mol. The topological polar surface area (TPSA) is 23.6 Å². The number of carbonyl (C=O) groups is 1. The van der Waals surface area contributed by atoms with Gasteiger partial charge in [0.2, 0.25) is 0 Å². The monoisotopic (exact) mass is 286 g/mol. The van der Waals surface area contributed by atoms with Crippen LogP contribution in [0.15, 0.2) is 12.1 Å². The zero-order valence-corrected chi connectivity index (χ0v) is 12.1. The number of carbonyl (C=O) groups excluding carboxylic acids is 1. The lowest BCUT2D eigenvalue weighted by atomic mass is 10.00. The van der Waals surface area contributed by atoms with Crippen LogP contribution in [0.1, 0.15) is 18.1 Å². The summed E-state index contributed by atoms with van der Waals surface area (Å²) in [5.74, 6) is 0. The molecule has 0 radical (unpaired) electrons. The van der Waals surface area contributed by atoms with E-state index in [1.54, 1.807) is 11.9 Å². The highest BCUT2D eigenvalue weighted by molar-refractivity contribution is 6.42. The van der Waals surface area contributed by atoms with E-state index in [2.05, 4.69) is 0 Å². The lowest BCUT2D eigenvalue weighted by Crippen LogP contribution is -2.43. The van der Waals surface area contributed by atoms with Crippen LogP contribution in [0, 0.1) is 0 Å². The van der Waals surface area contributed by atoms with Crippen LogP contribution in [0.4, 0.5) is 4.79 Å². The largest absolute Gasteiger partial charge is 0.328 e. The molecule has 0 aliphatic carbocycles. The molecular formula is C13H16Cl2N2O. The van der Waals surface area contributed by atoms with E-state index in [4.69, 9.17) is 23.2 Å². The van der Waals surface area contributed by atoms with Gasteiger partial charge in [-0.15, -0.1) is 0 Å². The maximum Gasteiger partial charge on any atom is 0.320 e. The zero-order chi connectivity index (χ0) is 13.3. The van der Waals surface area contributed by atoms with Gasteiger partial charge in [0, 0.05) is 26.7 Å². The zero-order valence-electron chi connectivity index (χ0n) is 10.5. The molecule has 5 heteroatoms. The number of halogens is 2. The van der Waals surface area contributed by atoms with E-state index >= 15 is 0 Å². The van der Waals surface area contributed by atoms with Gasteiger partial charge in [-0.25, -0.2) is 4.79 Å². The summed E-state index contributed by atoms with van der Waals surface area (Å²) in [7, 11) is 1.80. The van der Waals surface area contributed by atoms with Crippen molar-refractivity contribution < 1.29 is 4.79 Å². The van der Waals surface area contributed by atoms with E-state index in [1.165, 1.54) is 5.56 Å². The number of urea groups is 1. The third-order valence-corrected chi connectivity index (χ3v) is 4.21. The van der Waals surface area contributed by atoms with Gasteiger partial charge >= 0.3 is 6.03 Å². The number of hydrogen-bond acceptors (Lipinski definition) is 1. The van der Waals surface area contributed by atoms with E-state index < -0.39 is 0 Å². The van der Waals surface area contributed by atoms with Gasteiger partial charge in [-0.3, -0.25) is 0 Å². The van der Waals surface area contributed by atoms with Crippen LogP contribution in [-0.2, 0) is 13.0 Å². The molecule has 18 heavy (non-hydrogen) atoms. The second-order valence-electron chi connectivity index (χ2n) is 4.47. The fourth-order valence-corrected chi connectivity index (χ4v) is 2.52. The fourth-order valence-electron chi connectivity index (χ4n) is 2.10. The molecule has 2 amide bonds. The molecule has 1 aromatic rings. The summed E-state index contributed by atoms with van der Waals surface area (Å²) in [6, 6.07) is 3.85. The van der Waals surface area contributed by atoms with Gasteiger partial charge in [-0.05, 0) is 30.5 Å². The number of hydrogen-bond donors (Lipinski definition) is 0. The highest BCUT2D eigenvalue weighted by Gasteiger charge is 2.24. The minimum absolute atomic E-state index is 0.0409. The minimum Gasteiger partial charge on any atom is -0.328 e. The molecule has 98 valence electrons. The number of nitrogens with zero attached hydrogens (tertiary/aromatic N) is 2. The number of amides is 2. The summed E-state index contributed by atoms with van der Waals surface area (Å²) in [5.41, 5.74) is 2.17. The lowest BCUT2D eigenvalue weighted by Gasteiger charge is -2.32. The predicted molar refractivity (Wildman–Crippen MR) is 74.3 cm³/mol. The summed E-state index contributed by atoms with van der Waals surface area (Å²) in [6.45, 7) is 3.93. The summed E-state index contributed by atoms with van der Waals surface area (Å²) < 4.78 is 0. The first kappa shape index (κ1) is 13.5. The molecule has 1 aromatic carbocycles. The second kappa shape index (κ2) is 5.37. The van der Waals surface area contributed by atoms with E-state index in [9.17, 15) is 4.79 Å². The van der Waals surface area contributed by atoms with Gasteiger partial charge in [0.05, 0.1) is 10.0 Å². The van der Waals surface area contributed by atoms with Crippen molar-refractivity contribution in [3.8, 4) is 0 Å². The van der Waals surface area contributed by atoms with Crippen molar-refractivity contribution in [3.05, 3.63) is 33.3 Å². The van der Waals surface area contributed by atoms with Crippen LogP contribution in [0.2, 0.25) is 10.0 Å². The summed E-state index contributed by atoms with van der Waals surface area (Å²) >= 11 is 12.2. The van der Waals surface area contributed by atoms with Crippen molar-refractivity contribution in [2.45, 2.75) is 19.9 Å². The molecule has 0 N–H and O–H groups in total. The van der Waals surface area contributed by atoms with Crippen molar-refractivity contribution >= 4 is 29.2 Å². The van der Waals surface area contributed by atoms with Crippen molar-refractivity contribution in [1.29, 1.82) is 0 Å². The minimum atomic E-state index is 0.0409. The first-order valence-electron chi connectivity index (χ1n) is 6.00. The number of fused-ring (bicyclic) bond motifs is 1. The van der Waals surface area contributed by atoms with Crippen LogP contribution < -0.4 is 0 Å². The molecule has 1 heterocycles. The average Bonchev–Trinajstić information content (AvgIpc) is 2.41. The highest BCUT2D eigenvalue weighted by atomic mass is 35.5. The van der Waals surface area contributed by atoms with Gasteiger partial charge < -0.3 is 9.80 Å². The Bertz CT molecular complexity index is 476. The third-order valence-electron chi connectivity index (χ3n) is 3.36. The van der Waals surface area contributed by atoms with Gasteiger partial charge in [-0.2, -0.15) is 0 Å². The second-order valence-corrected chi connectivity index (χ2v) is 5.25. The maximum absolute atomic E-state index is 12.1. The van der Waals surface area contributed by atoms with Crippen molar-refractivity contribution in [3.63, 3.8) is 0 Å². The summed E-state index contributed by atoms with van der Waals surface area (Å²) in [4.78, 5) is 15.6. The van der Waals surface area contributed by atoms with Gasteiger partial charge in [0.15, 0.2) is 0 Å². The van der Waals surface area contributed by atoms with Gasteiger partial charge in [0.25, 0.3) is 0 Å². The Morgan fingerprint density at radius 3 is 2.83 bits per heavy atom. The Morgan fingerprint density at radius 1 is 1.44 bits per heavy atom. The van der Waals surface area contributed by atoms with Crippen LogP contribution in [-0.4, -0.2) is 36.0 Å². The molecule has 0 aromatic heterocycles. The molecule has 0 atom stereocenters. The van der Waals surface area contributed by atoms with Crippen LogP contribution in [0.3, 0.4) is 0 Å². The molecular weight excluding hydrogens is 271 g/mol. The van der Waals surface area contributed by atoms with Crippen LogP contribution >= 0.6 is 23.2 Å². The van der Waals surface area contributed by atoms with Crippen molar-refractivity contribution in [2.24, 2.45) is 0 Å².